The Kier molecular flexibility index (Phi) is 2.17. The maximum Gasteiger partial charge on any atom is 0.137 e. The third-order valence-corrected chi connectivity index (χ3v) is 2.21. The van der Waals surface area contributed by atoms with Crippen molar-refractivity contribution < 1.29 is 4.79 Å². The van der Waals surface area contributed by atoms with Gasteiger partial charge < -0.3 is 0 Å². The van der Waals surface area contributed by atoms with Crippen molar-refractivity contribution in [3.05, 3.63) is 11.6 Å². The highest BCUT2D eigenvalue weighted by molar-refractivity contribution is 5.82. The smallest absolute Gasteiger partial charge is 0.137 e. The maximum absolute atomic E-state index is 11.2. The van der Waals surface area contributed by atoms with Crippen molar-refractivity contribution in [3.63, 3.8) is 0 Å². The molecule has 1 aliphatic rings. The molecule has 0 saturated heterocycles. The van der Waals surface area contributed by atoms with Crippen LogP contribution in [0.5, 0.6) is 0 Å². The predicted molar refractivity (Wildman–Crippen MR) is 46.4 cm³/mol. The van der Waals surface area contributed by atoms with Crippen molar-refractivity contribution in [2.24, 2.45) is 5.41 Å². The molecule has 1 rings (SSSR count). The summed E-state index contributed by atoms with van der Waals surface area (Å²) in [6, 6.07) is 0. The van der Waals surface area contributed by atoms with E-state index in [4.69, 9.17) is 0 Å². The lowest BCUT2D eigenvalue weighted by molar-refractivity contribution is -0.121. The van der Waals surface area contributed by atoms with E-state index < -0.39 is 0 Å². The van der Waals surface area contributed by atoms with E-state index in [1.54, 1.807) is 0 Å². The number of carbonyl (C=O) groups excluding carboxylic acids is 1. The third kappa shape index (κ3) is 2.18. The second-order valence-corrected chi connectivity index (χ2v) is 4.18. The SMILES string of the molecule is C/C=C1\CC(=O)CC(C)(C)C1. The molecule has 0 aromatic rings. The Labute approximate surface area is 68.5 Å². The number of hydrogen-bond donors (Lipinski definition) is 0. The summed E-state index contributed by atoms with van der Waals surface area (Å²) in [5.41, 5.74) is 1.52. The number of hydrogen-bond acceptors (Lipinski definition) is 1. The fourth-order valence-electron chi connectivity index (χ4n) is 1.79. The summed E-state index contributed by atoms with van der Waals surface area (Å²) >= 11 is 0. The Morgan fingerprint density at radius 3 is 2.45 bits per heavy atom. The molecule has 1 aliphatic carbocycles. The Bertz CT molecular complexity index is 199. The highest BCUT2D eigenvalue weighted by Crippen LogP contribution is 2.35. The highest BCUT2D eigenvalue weighted by atomic mass is 16.1. The van der Waals surface area contributed by atoms with Gasteiger partial charge in [0.25, 0.3) is 0 Å². The van der Waals surface area contributed by atoms with E-state index in [-0.39, 0.29) is 5.41 Å². The first kappa shape index (κ1) is 8.51. The number of Topliss-reactive ketones (excluding diaryl/α,β-unsaturated/α-hetero) is 1. The summed E-state index contributed by atoms with van der Waals surface area (Å²) in [4.78, 5) is 11.2. The summed E-state index contributed by atoms with van der Waals surface area (Å²) in [6.45, 7) is 6.34. The van der Waals surface area contributed by atoms with Crippen molar-refractivity contribution in [2.75, 3.05) is 0 Å². The molecule has 62 valence electrons. The molecule has 0 aliphatic heterocycles. The van der Waals surface area contributed by atoms with Gasteiger partial charge in [0.05, 0.1) is 0 Å². The Morgan fingerprint density at radius 2 is 2.00 bits per heavy atom. The van der Waals surface area contributed by atoms with Gasteiger partial charge in [-0.05, 0) is 18.8 Å². The topological polar surface area (TPSA) is 17.1 Å². The molecule has 1 saturated carbocycles. The van der Waals surface area contributed by atoms with E-state index in [1.807, 2.05) is 6.92 Å². The molecule has 0 atom stereocenters. The molecular formula is C10H16O. The molecular weight excluding hydrogens is 136 g/mol. The van der Waals surface area contributed by atoms with Crippen LogP contribution in [0.15, 0.2) is 11.6 Å². The standard InChI is InChI=1S/C10H16O/c1-4-8-5-9(11)7-10(2,3)6-8/h4H,5-7H2,1-3H3/b8-4+. The molecule has 0 radical (unpaired) electrons. The van der Waals surface area contributed by atoms with E-state index in [1.165, 1.54) is 5.57 Å². The van der Waals surface area contributed by atoms with E-state index in [0.29, 0.717) is 12.2 Å². The van der Waals surface area contributed by atoms with E-state index in [2.05, 4.69) is 19.9 Å². The number of rotatable bonds is 0. The van der Waals surface area contributed by atoms with E-state index >= 15 is 0 Å². The zero-order valence-electron chi connectivity index (χ0n) is 7.61. The van der Waals surface area contributed by atoms with Crippen LogP contribution >= 0.6 is 0 Å². The summed E-state index contributed by atoms with van der Waals surface area (Å²) in [5.74, 6) is 0.398. The molecule has 0 aromatic heterocycles. The first-order chi connectivity index (χ1) is 5.03. The normalized spacial score (nSPS) is 27.5. The van der Waals surface area contributed by atoms with Gasteiger partial charge in [-0.15, -0.1) is 0 Å². The first-order valence-electron chi connectivity index (χ1n) is 4.19. The number of carbonyl (C=O) groups is 1. The van der Waals surface area contributed by atoms with E-state index in [0.717, 1.165) is 12.8 Å². The zero-order valence-corrected chi connectivity index (χ0v) is 7.61. The average Bonchev–Trinajstić information content (AvgIpc) is 1.83. The number of ketones is 1. The Hall–Kier alpha value is -0.590. The molecule has 0 spiro atoms. The average molecular weight is 152 g/mol. The molecule has 11 heavy (non-hydrogen) atoms. The molecule has 1 fully saturated rings. The fraction of sp³-hybridized carbons (Fsp3) is 0.700. The fourth-order valence-corrected chi connectivity index (χ4v) is 1.79. The molecule has 0 heterocycles. The lowest BCUT2D eigenvalue weighted by Gasteiger charge is -2.29. The van der Waals surface area contributed by atoms with E-state index in [9.17, 15) is 4.79 Å². The summed E-state index contributed by atoms with van der Waals surface area (Å²) in [6.07, 6.45) is 4.62. The van der Waals surface area contributed by atoms with Crippen molar-refractivity contribution in [2.45, 2.75) is 40.0 Å². The number of allylic oxidation sites excluding steroid dienone is 2. The molecule has 1 nitrogen and oxygen atoms in total. The quantitative estimate of drug-likeness (QED) is 0.488. The van der Waals surface area contributed by atoms with Gasteiger partial charge in [-0.1, -0.05) is 25.5 Å². The van der Waals surface area contributed by atoms with Crippen LogP contribution in [0.25, 0.3) is 0 Å². The second kappa shape index (κ2) is 2.80. The Morgan fingerprint density at radius 1 is 1.36 bits per heavy atom. The maximum atomic E-state index is 11.2. The van der Waals surface area contributed by atoms with Crippen molar-refractivity contribution in [1.29, 1.82) is 0 Å². The van der Waals surface area contributed by atoms with Gasteiger partial charge in [0, 0.05) is 12.8 Å². The predicted octanol–water partition coefficient (Wildman–Crippen LogP) is 2.71. The van der Waals surface area contributed by atoms with Crippen molar-refractivity contribution >= 4 is 5.78 Å². The monoisotopic (exact) mass is 152 g/mol. The third-order valence-electron chi connectivity index (χ3n) is 2.21. The van der Waals surface area contributed by atoms with Gasteiger partial charge in [-0.3, -0.25) is 4.79 Å². The van der Waals surface area contributed by atoms with Gasteiger partial charge in [-0.25, -0.2) is 0 Å². The van der Waals surface area contributed by atoms with Gasteiger partial charge in [0.2, 0.25) is 0 Å². The van der Waals surface area contributed by atoms with Crippen LogP contribution in [0.1, 0.15) is 40.0 Å². The Balaban J connectivity index is 2.74. The first-order valence-corrected chi connectivity index (χ1v) is 4.19. The van der Waals surface area contributed by atoms with Gasteiger partial charge in [0.1, 0.15) is 5.78 Å². The van der Waals surface area contributed by atoms with Crippen LogP contribution in [0.4, 0.5) is 0 Å². The van der Waals surface area contributed by atoms with Crippen LogP contribution in [0.3, 0.4) is 0 Å². The van der Waals surface area contributed by atoms with Gasteiger partial charge >= 0.3 is 0 Å². The minimum absolute atomic E-state index is 0.206. The molecule has 0 N–H and O–H groups in total. The molecule has 0 amide bonds. The second-order valence-electron chi connectivity index (χ2n) is 4.18. The van der Waals surface area contributed by atoms with Crippen LogP contribution in [-0.2, 0) is 4.79 Å². The van der Waals surface area contributed by atoms with Crippen LogP contribution in [0, 0.1) is 5.41 Å². The minimum atomic E-state index is 0.206. The highest BCUT2D eigenvalue weighted by Gasteiger charge is 2.28. The molecule has 1 heteroatoms. The lowest BCUT2D eigenvalue weighted by atomic mass is 9.74. The van der Waals surface area contributed by atoms with Crippen LogP contribution in [-0.4, -0.2) is 5.78 Å². The van der Waals surface area contributed by atoms with Gasteiger partial charge in [0.15, 0.2) is 0 Å². The zero-order chi connectivity index (χ0) is 8.48. The largest absolute Gasteiger partial charge is 0.299 e. The molecule has 0 bridgehead atoms. The molecule has 0 aromatic carbocycles. The minimum Gasteiger partial charge on any atom is -0.299 e. The van der Waals surface area contributed by atoms with Crippen molar-refractivity contribution in [1.82, 2.24) is 0 Å². The lowest BCUT2D eigenvalue weighted by Crippen LogP contribution is -2.23. The van der Waals surface area contributed by atoms with Crippen LogP contribution in [0.2, 0.25) is 0 Å². The molecule has 0 unspecified atom stereocenters. The summed E-state index contributed by atoms with van der Waals surface area (Å²) in [7, 11) is 0. The van der Waals surface area contributed by atoms with Gasteiger partial charge in [-0.2, -0.15) is 0 Å². The van der Waals surface area contributed by atoms with Crippen molar-refractivity contribution in [3.8, 4) is 0 Å². The summed E-state index contributed by atoms with van der Waals surface area (Å²) < 4.78 is 0. The van der Waals surface area contributed by atoms with Crippen LogP contribution < -0.4 is 0 Å². The summed E-state index contributed by atoms with van der Waals surface area (Å²) in [5, 5.41) is 0.